The van der Waals surface area contributed by atoms with Gasteiger partial charge in [-0.2, -0.15) is 0 Å². The first kappa shape index (κ1) is 12.8. The molecule has 1 aliphatic carbocycles. The molecule has 0 spiro atoms. The van der Waals surface area contributed by atoms with Gasteiger partial charge in [-0.05, 0) is 43.9 Å². The molecule has 0 amide bonds. The third-order valence-corrected chi connectivity index (χ3v) is 3.30. The highest BCUT2D eigenvalue weighted by Crippen LogP contribution is 2.31. The molecule has 0 radical (unpaired) electrons. The Hall–Kier alpha value is -2.17. The molecule has 0 aliphatic heterocycles. The van der Waals surface area contributed by atoms with Crippen molar-refractivity contribution in [2.24, 2.45) is 5.92 Å². The summed E-state index contributed by atoms with van der Waals surface area (Å²) in [6.07, 6.45) is 4.38. The van der Waals surface area contributed by atoms with E-state index in [0.717, 1.165) is 12.5 Å². The number of Topliss-reactive ketones (excluding diaryl/α,β-unsaturated/α-hetero) is 1. The highest BCUT2D eigenvalue weighted by atomic mass is 19.1. The molecule has 0 N–H and O–H groups in total. The van der Waals surface area contributed by atoms with E-state index in [2.05, 4.69) is 5.10 Å². The SMILES string of the molecule is CC(=O)c1cc(Oc2ccn(CC3CC3)n2)ccc1F. The maximum absolute atomic E-state index is 13.4. The fraction of sp³-hybridized carbons (Fsp3) is 0.333. The summed E-state index contributed by atoms with van der Waals surface area (Å²) >= 11 is 0. The van der Waals surface area contributed by atoms with Crippen LogP contribution >= 0.6 is 0 Å². The fourth-order valence-corrected chi connectivity index (χ4v) is 2.02. The van der Waals surface area contributed by atoms with Crippen LogP contribution in [0.1, 0.15) is 30.1 Å². The lowest BCUT2D eigenvalue weighted by molar-refractivity contribution is 0.101. The predicted molar refractivity (Wildman–Crippen MR) is 71.4 cm³/mol. The van der Waals surface area contributed by atoms with E-state index in [-0.39, 0.29) is 11.3 Å². The Kier molecular flexibility index (Phi) is 3.26. The van der Waals surface area contributed by atoms with Crippen molar-refractivity contribution in [1.29, 1.82) is 0 Å². The predicted octanol–water partition coefficient (Wildman–Crippen LogP) is 3.43. The second-order valence-electron chi connectivity index (χ2n) is 5.12. The van der Waals surface area contributed by atoms with E-state index in [9.17, 15) is 9.18 Å². The molecule has 0 atom stereocenters. The Balaban J connectivity index is 1.74. The topological polar surface area (TPSA) is 44.1 Å². The summed E-state index contributed by atoms with van der Waals surface area (Å²) in [6, 6.07) is 5.88. The van der Waals surface area contributed by atoms with E-state index >= 15 is 0 Å². The number of ketones is 1. The number of carbonyl (C=O) groups excluding carboxylic acids is 1. The van der Waals surface area contributed by atoms with Gasteiger partial charge in [0.05, 0.1) is 5.56 Å². The zero-order valence-corrected chi connectivity index (χ0v) is 11.2. The van der Waals surface area contributed by atoms with Gasteiger partial charge in [-0.3, -0.25) is 9.48 Å². The van der Waals surface area contributed by atoms with Gasteiger partial charge in [0.1, 0.15) is 11.6 Å². The number of rotatable bonds is 5. The van der Waals surface area contributed by atoms with Crippen LogP contribution in [-0.4, -0.2) is 15.6 Å². The molecule has 1 aliphatic rings. The Morgan fingerprint density at radius 2 is 2.25 bits per heavy atom. The lowest BCUT2D eigenvalue weighted by Gasteiger charge is -2.05. The summed E-state index contributed by atoms with van der Waals surface area (Å²) in [7, 11) is 0. The molecule has 5 heteroatoms. The van der Waals surface area contributed by atoms with Crippen LogP contribution in [0, 0.1) is 11.7 Å². The first-order valence-corrected chi connectivity index (χ1v) is 6.63. The molecule has 2 aromatic rings. The Morgan fingerprint density at radius 1 is 1.45 bits per heavy atom. The van der Waals surface area contributed by atoms with Crippen LogP contribution in [0.25, 0.3) is 0 Å². The molecule has 0 saturated heterocycles. The summed E-state index contributed by atoms with van der Waals surface area (Å²) in [6.45, 7) is 2.23. The van der Waals surface area contributed by atoms with Gasteiger partial charge in [0.2, 0.25) is 5.88 Å². The first-order chi connectivity index (χ1) is 9.61. The van der Waals surface area contributed by atoms with Crippen LogP contribution in [0.15, 0.2) is 30.5 Å². The number of halogens is 1. The molecule has 0 bridgehead atoms. The van der Waals surface area contributed by atoms with Crippen LogP contribution < -0.4 is 4.74 Å². The van der Waals surface area contributed by atoms with E-state index in [1.165, 1.54) is 38.0 Å². The summed E-state index contributed by atoms with van der Waals surface area (Å²) in [5.41, 5.74) is 0.0277. The van der Waals surface area contributed by atoms with Crippen molar-refractivity contribution in [2.75, 3.05) is 0 Å². The lowest BCUT2D eigenvalue weighted by atomic mass is 10.1. The van der Waals surface area contributed by atoms with Gasteiger partial charge in [0.15, 0.2) is 5.78 Å². The van der Waals surface area contributed by atoms with Crippen molar-refractivity contribution < 1.29 is 13.9 Å². The van der Waals surface area contributed by atoms with Crippen LogP contribution in [0.2, 0.25) is 0 Å². The maximum Gasteiger partial charge on any atom is 0.238 e. The van der Waals surface area contributed by atoms with Gasteiger partial charge >= 0.3 is 0 Å². The summed E-state index contributed by atoms with van der Waals surface area (Å²) < 4.78 is 20.8. The van der Waals surface area contributed by atoms with E-state index in [0.29, 0.717) is 11.6 Å². The molecule has 0 unspecified atom stereocenters. The first-order valence-electron chi connectivity index (χ1n) is 6.63. The number of benzene rings is 1. The van der Waals surface area contributed by atoms with Crippen molar-refractivity contribution in [3.8, 4) is 11.6 Å². The van der Waals surface area contributed by atoms with Gasteiger partial charge in [0, 0.05) is 18.8 Å². The molecule has 20 heavy (non-hydrogen) atoms. The molecular formula is C15H15FN2O2. The molecule has 1 saturated carbocycles. The lowest BCUT2D eigenvalue weighted by Crippen LogP contribution is -2.00. The number of hydrogen-bond acceptors (Lipinski definition) is 3. The summed E-state index contributed by atoms with van der Waals surface area (Å²) in [5, 5.41) is 4.30. The van der Waals surface area contributed by atoms with E-state index in [1.54, 1.807) is 6.07 Å². The highest BCUT2D eigenvalue weighted by Gasteiger charge is 2.22. The van der Waals surface area contributed by atoms with Gasteiger partial charge in [-0.15, -0.1) is 5.10 Å². The Bertz CT molecular complexity index is 647. The molecule has 104 valence electrons. The van der Waals surface area contributed by atoms with E-state index in [1.807, 2.05) is 10.9 Å². The average Bonchev–Trinajstić information content (AvgIpc) is 3.11. The van der Waals surface area contributed by atoms with Crippen molar-refractivity contribution in [3.05, 3.63) is 41.8 Å². The second-order valence-corrected chi connectivity index (χ2v) is 5.12. The minimum Gasteiger partial charge on any atom is -0.438 e. The van der Waals surface area contributed by atoms with Gasteiger partial charge in [-0.1, -0.05) is 0 Å². The van der Waals surface area contributed by atoms with Crippen molar-refractivity contribution in [1.82, 2.24) is 9.78 Å². The van der Waals surface area contributed by atoms with Crippen LogP contribution in [0.4, 0.5) is 4.39 Å². The number of carbonyl (C=O) groups is 1. The van der Waals surface area contributed by atoms with Crippen LogP contribution in [0.3, 0.4) is 0 Å². The third kappa shape index (κ3) is 2.87. The number of hydrogen-bond donors (Lipinski definition) is 0. The molecule has 1 heterocycles. The quantitative estimate of drug-likeness (QED) is 0.785. The number of aromatic nitrogens is 2. The minimum atomic E-state index is -0.538. The van der Waals surface area contributed by atoms with Gasteiger partial charge < -0.3 is 4.74 Å². The molecule has 1 aromatic heterocycles. The van der Waals surface area contributed by atoms with Crippen LogP contribution in [-0.2, 0) is 6.54 Å². The monoisotopic (exact) mass is 274 g/mol. The van der Waals surface area contributed by atoms with Crippen molar-refractivity contribution in [3.63, 3.8) is 0 Å². The van der Waals surface area contributed by atoms with Gasteiger partial charge in [-0.25, -0.2) is 4.39 Å². The normalized spacial score (nSPS) is 14.3. The third-order valence-electron chi connectivity index (χ3n) is 3.30. The largest absolute Gasteiger partial charge is 0.438 e. The molecule has 1 fully saturated rings. The zero-order chi connectivity index (χ0) is 14.1. The Labute approximate surface area is 116 Å². The summed E-state index contributed by atoms with van der Waals surface area (Å²) in [4.78, 5) is 11.3. The maximum atomic E-state index is 13.4. The smallest absolute Gasteiger partial charge is 0.238 e. The molecule has 4 nitrogen and oxygen atoms in total. The number of nitrogens with zero attached hydrogens (tertiary/aromatic N) is 2. The van der Waals surface area contributed by atoms with Crippen molar-refractivity contribution in [2.45, 2.75) is 26.3 Å². The van der Waals surface area contributed by atoms with E-state index < -0.39 is 5.82 Å². The molecule has 3 rings (SSSR count). The molecular weight excluding hydrogens is 259 g/mol. The standard InChI is InChI=1S/C15H15FN2O2/c1-10(19)13-8-12(4-5-14(13)16)20-15-6-7-18(17-15)9-11-2-3-11/h4-8,11H,2-3,9H2,1H3. The fourth-order valence-electron chi connectivity index (χ4n) is 2.02. The Morgan fingerprint density at radius 3 is 2.95 bits per heavy atom. The second kappa shape index (κ2) is 5.07. The van der Waals surface area contributed by atoms with Crippen LogP contribution in [0.5, 0.6) is 11.6 Å². The zero-order valence-electron chi connectivity index (χ0n) is 11.2. The average molecular weight is 274 g/mol. The number of ether oxygens (including phenoxy) is 1. The summed E-state index contributed by atoms with van der Waals surface area (Å²) in [5.74, 6) is 0.731. The van der Waals surface area contributed by atoms with Gasteiger partial charge in [0.25, 0.3) is 0 Å². The molecule has 1 aromatic carbocycles. The van der Waals surface area contributed by atoms with E-state index in [4.69, 9.17) is 4.74 Å². The highest BCUT2D eigenvalue weighted by molar-refractivity contribution is 5.94. The minimum absolute atomic E-state index is 0.0277. The van der Waals surface area contributed by atoms with Crippen molar-refractivity contribution >= 4 is 5.78 Å².